The summed E-state index contributed by atoms with van der Waals surface area (Å²) in [5.41, 5.74) is 10.4. The Morgan fingerprint density at radius 1 is 1.10 bits per heavy atom. The average Bonchev–Trinajstić information content (AvgIpc) is 3.26. The minimum atomic E-state index is -0.663. The van der Waals surface area contributed by atoms with Crippen LogP contribution in [0.2, 0.25) is 0 Å². The molecule has 1 aliphatic heterocycles. The molecule has 8 heteroatoms. The second-order valence-corrected chi connectivity index (χ2v) is 8.61. The predicted molar refractivity (Wildman–Crippen MR) is 115 cm³/mol. The molecule has 1 saturated heterocycles. The third kappa shape index (κ3) is 5.42. The Balaban J connectivity index is 0.000000243. The number of nitrogens with zero attached hydrogens (tertiary/aromatic N) is 4. The van der Waals surface area contributed by atoms with Gasteiger partial charge in [-0.05, 0) is 55.6 Å². The molecule has 2 aromatic heterocycles. The van der Waals surface area contributed by atoms with E-state index in [0.29, 0.717) is 5.82 Å². The molecular weight excluding hydrogens is 384 g/mol. The monoisotopic (exact) mass is 410 g/mol. The first-order valence-corrected chi connectivity index (χ1v) is 10.8. The van der Waals surface area contributed by atoms with E-state index in [2.05, 4.69) is 50.7 Å². The summed E-state index contributed by atoms with van der Waals surface area (Å²) in [5.74, 6) is 0.598. The number of nitrogens with two attached hydrogens (primary N) is 1. The highest BCUT2D eigenvalue weighted by Crippen LogP contribution is 2.26. The molecule has 1 fully saturated rings. The number of thiophene rings is 1. The predicted octanol–water partition coefficient (Wildman–Crippen LogP) is 3.60. The maximum Gasteiger partial charge on any atom is 0.332 e. The summed E-state index contributed by atoms with van der Waals surface area (Å²) < 4.78 is 0. The maximum absolute atomic E-state index is 10.8. The summed E-state index contributed by atoms with van der Waals surface area (Å²) >= 11 is 1.69. The van der Waals surface area contributed by atoms with Crippen molar-refractivity contribution in [3.8, 4) is 10.7 Å². The van der Waals surface area contributed by atoms with Gasteiger partial charge in [0, 0.05) is 11.4 Å². The van der Waals surface area contributed by atoms with Crippen molar-refractivity contribution in [2.75, 3.05) is 18.5 Å². The minimum absolute atomic E-state index is 0.598. The molecule has 152 valence electrons. The molecule has 0 unspecified atom stereocenters. The lowest BCUT2D eigenvalue weighted by Crippen LogP contribution is -2.28. The van der Waals surface area contributed by atoms with E-state index in [1.807, 2.05) is 6.07 Å². The zero-order valence-electron chi connectivity index (χ0n) is 16.4. The van der Waals surface area contributed by atoms with Crippen LogP contribution < -0.4 is 11.2 Å². The number of urea groups is 1. The van der Waals surface area contributed by atoms with Crippen LogP contribution in [0.15, 0.2) is 42.7 Å². The van der Waals surface area contributed by atoms with Crippen LogP contribution in [-0.2, 0) is 13.0 Å². The number of primary amides is 1. The lowest BCUT2D eigenvalue weighted by molar-refractivity contribution is 0.256. The van der Waals surface area contributed by atoms with Gasteiger partial charge in [-0.15, -0.1) is 16.4 Å². The number of rotatable bonds is 4. The first kappa shape index (κ1) is 19.6. The van der Waals surface area contributed by atoms with E-state index in [1.165, 1.54) is 72.3 Å². The quantitative estimate of drug-likeness (QED) is 0.538. The zero-order valence-corrected chi connectivity index (χ0v) is 17.2. The summed E-state index contributed by atoms with van der Waals surface area (Å²) in [6, 6.07) is 12.1. The van der Waals surface area contributed by atoms with E-state index in [9.17, 15) is 4.79 Å². The van der Waals surface area contributed by atoms with Crippen molar-refractivity contribution in [3.63, 3.8) is 0 Å². The molecule has 0 atom stereocenters. The molecule has 29 heavy (non-hydrogen) atoms. The molecular formula is C21H26N6OS. The fourth-order valence-corrected chi connectivity index (χ4v) is 4.58. The minimum Gasteiger partial charge on any atom is -0.350 e. The molecule has 3 aromatic rings. The number of hydrogen-bond donors (Lipinski definition) is 2. The molecule has 3 aliphatic rings. The molecule has 6 rings (SSSR count). The van der Waals surface area contributed by atoms with Crippen LogP contribution in [0, 0.1) is 0 Å². The van der Waals surface area contributed by atoms with Gasteiger partial charge in [0.1, 0.15) is 6.33 Å². The van der Waals surface area contributed by atoms with Crippen LogP contribution in [0.4, 0.5) is 4.79 Å². The van der Waals surface area contributed by atoms with Crippen LogP contribution in [-0.4, -0.2) is 38.9 Å². The molecule has 0 spiro atoms. The highest BCUT2D eigenvalue weighted by Gasteiger charge is 2.13. The molecule has 1 aromatic carbocycles. The second kappa shape index (κ2) is 9.19. The van der Waals surface area contributed by atoms with E-state index in [1.54, 1.807) is 11.3 Å². The highest BCUT2D eigenvalue weighted by molar-refractivity contribution is 7.15. The van der Waals surface area contributed by atoms with Gasteiger partial charge in [-0.2, -0.15) is 4.79 Å². The van der Waals surface area contributed by atoms with Crippen molar-refractivity contribution >= 4 is 17.4 Å². The van der Waals surface area contributed by atoms with Gasteiger partial charge in [0.15, 0.2) is 5.82 Å². The molecule has 3 N–H and O–H groups in total. The van der Waals surface area contributed by atoms with Crippen molar-refractivity contribution in [2.45, 2.75) is 38.6 Å². The fourth-order valence-electron chi connectivity index (χ4n) is 3.59. The van der Waals surface area contributed by atoms with Crippen LogP contribution in [0.1, 0.15) is 41.7 Å². The smallest absolute Gasteiger partial charge is 0.332 e. The van der Waals surface area contributed by atoms with E-state index in [-0.39, 0.29) is 0 Å². The van der Waals surface area contributed by atoms with Crippen molar-refractivity contribution in [1.82, 2.24) is 19.8 Å². The first-order chi connectivity index (χ1) is 14.2. The largest absolute Gasteiger partial charge is 0.350 e. The van der Waals surface area contributed by atoms with Gasteiger partial charge in [0.25, 0.3) is 0 Å². The Morgan fingerprint density at radius 3 is 2.41 bits per heavy atom. The summed E-state index contributed by atoms with van der Waals surface area (Å²) in [6.45, 7) is 3.36. The molecule has 0 radical (unpaired) electrons. The molecule has 2 amide bonds. The van der Waals surface area contributed by atoms with Crippen LogP contribution in [0.25, 0.3) is 10.7 Å². The second-order valence-electron chi connectivity index (χ2n) is 7.44. The summed E-state index contributed by atoms with van der Waals surface area (Å²) in [5, 5.41) is 4.19. The number of benzene rings is 1. The Kier molecular flexibility index (Phi) is 6.21. The van der Waals surface area contributed by atoms with Gasteiger partial charge in [0.05, 0.1) is 4.88 Å². The lowest BCUT2D eigenvalue weighted by Gasteiger charge is -2.18. The van der Waals surface area contributed by atoms with Crippen molar-refractivity contribution in [3.05, 3.63) is 58.7 Å². The van der Waals surface area contributed by atoms with Crippen molar-refractivity contribution in [1.29, 1.82) is 0 Å². The van der Waals surface area contributed by atoms with Crippen LogP contribution in [0.3, 0.4) is 0 Å². The van der Waals surface area contributed by atoms with Gasteiger partial charge in [0.2, 0.25) is 0 Å². The van der Waals surface area contributed by atoms with Gasteiger partial charge in [-0.25, -0.2) is 15.2 Å². The standard InChI is InChI=1S/C14H20N6OS.C7H6/c15-14(21)18-20-10-16-13(17-20)12-6-5-11(22-12)9-19-7-3-1-2-4-8-19;1-2-6-4-7(3-1)5-6/h5-6,10H,1-4,7-9H2,(H3,15,18,21);1-4H,5H2. The number of nitrogens with one attached hydrogen (secondary N) is 1. The Bertz CT molecular complexity index is 933. The summed E-state index contributed by atoms with van der Waals surface area (Å²) in [6.07, 6.45) is 7.94. The number of amides is 2. The maximum atomic E-state index is 10.8. The summed E-state index contributed by atoms with van der Waals surface area (Å²) in [4.78, 5) is 21.0. The number of fused-ring (bicyclic) bond motifs is 2. The number of carbonyl (C=O) groups is 1. The highest BCUT2D eigenvalue weighted by atomic mass is 32.1. The van der Waals surface area contributed by atoms with Gasteiger partial charge >= 0.3 is 6.03 Å². The van der Waals surface area contributed by atoms with Crippen LogP contribution >= 0.6 is 11.3 Å². The lowest BCUT2D eigenvalue weighted by atomic mass is 9.94. The number of likely N-dealkylation sites (tertiary alicyclic amines) is 1. The number of carbonyl (C=O) groups excluding carboxylic acids is 1. The topological polar surface area (TPSA) is 89.1 Å². The number of hydrogen-bond acceptors (Lipinski definition) is 5. The molecule has 2 bridgehead atoms. The van der Waals surface area contributed by atoms with Gasteiger partial charge in [-0.3, -0.25) is 4.90 Å². The third-order valence-corrected chi connectivity index (χ3v) is 6.14. The zero-order chi connectivity index (χ0) is 20.1. The van der Waals surface area contributed by atoms with Gasteiger partial charge < -0.3 is 5.73 Å². The van der Waals surface area contributed by atoms with Crippen molar-refractivity contribution in [2.24, 2.45) is 5.73 Å². The van der Waals surface area contributed by atoms with E-state index in [0.717, 1.165) is 11.4 Å². The molecule has 2 aliphatic carbocycles. The first-order valence-electron chi connectivity index (χ1n) is 10.0. The Hall–Kier alpha value is -2.71. The SMILES string of the molecule is NC(=O)Nn1cnc(-c2ccc(CN3CCCCCC3)s2)n1.c1cc2cc(c1)C2. The average molecular weight is 411 g/mol. The van der Waals surface area contributed by atoms with Crippen molar-refractivity contribution < 1.29 is 4.79 Å². The molecule has 0 saturated carbocycles. The van der Waals surface area contributed by atoms with E-state index >= 15 is 0 Å². The molecule has 7 nitrogen and oxygen atoms in total. The Labute approximate surface area is 174 Å². The molecule has 3 heterocycles. The Morgan fingerprint density at radius 2 is 1.83 bits per heavy atom. The normalized spacial score (nSPS) is 15.6. The summed E-state index contributed by atoms with van der Waals surface area (Å²) in [7, 11) is 0. The van der Waals surface area contributed by atoms with E-state index in [4.69, 9.17) is 5.73 Å². The van der Waals surface area contributed by atoms with Gasteiger partial charge in [-0.1, -0.05) is 37.1 Å². The third-order valence-electron chi connectivity index (χ3n) is 5.08. The van der Waals surface area contributed by atoms with Crippen LogP contribution in [0.5, 0.6) is 0 Å². The number of aromatic nitrogens is 3. The van der Waals surface area contributed by atoms with E-state index < -0.39 is 6.03 Å². The fraction of sp³-hybridized carbons (Fsp3) is 0.381.